The molecular weight excluding hydrogens is 298 g/mol. The molecule has 2 amide bonds. The smallest absolute Gasteiger partial charge is 0.323 e. The van der Waals surface area contributed by atoms with Crippen molar-refractivity contribution in [1.82, 2.24) is 10.2 Å². The Morgan fingerprint density at radius 3 is 2.65 bits per heavy atom. The number of imide groups is 1. The first kappa shape index (κ1) is 15.2. The van der Waals surface area contributed by atoms with Crippen molar-refractivity contribution in [2.75, 3.05) is 14.2 Å². The molecule has 0 bridgehead atoms. The molecule has 118 valence electrons. The molecule has 1 aromatic rings. The average molecular weight is 313 g/mol. The third-order valence-electron chi connectivity index (χ3n) is 4.53. The van der Waals surface area contributed by atoms with Crippen LogP contribution in [-0.4, -0.2) is 42.9 Å². The largest absolute Gasteiger partial charge is 0.468 e. The van der Waals surface area contributed by atoms with E-state index in [1.165, 1.54) is 14.2 Å². The van der Waals surface area contributed by atoms with E-state index in [2.05, 4.69) is 5.32 Å². The Balaban J connectivity index is 2.04. The van der Waals surface area contributed by atoms with Gasteiger partial charge < -0.3 is 4.74 Å². The first-order valence-corrected chi connectivity index (χ1v) is 7.15. The summed E-state index contributed by atoms with van der Waals surface area (Å²) in [6.45, 7) is 0. The summed E-state index contributed by atoms with van der Waals surface area (Å²) in [5, 5.41) is 12.1. The number of fused-ring (bicyclic) bond motifs is 1. The zero-order valence-corrected chi connectivity index (χ0v) is 12.6. The maximum atomic E-state index is 12.4. The molecule has 0 spiro atoms. The number of likely N-dealkylation sites (tertiary alicyclic amines) is 1. The number of benzene rings is 1. The Labute approximate surface area is 132 Å². The monoisotopic (exact) mass is 313 g/mol. The highest BCUT2D eigenvalue weighted by atomic mass is 16.5. The maximum absolute atomic E-state index is 12.4. The lowest BCUT2D eigenvalue weighted by molar-refractivity contribution is -0.147. The summed E-state index contributed by atoms with van der Waals surface area (Å²) in [6, 6.07) is 7.44. The van der Waals surface area contributed by atoms with Crippen LogP contribution >= 0.6 is 0 Å². The van der Waals surface area contributed by atoms with Gasteiger partial charge in [-0.05, 0) is 17.7 Å². The van der Waals surface area contributed by atoms with Crippen LogP contribution in [0.25, 0.3) is 0 Å². The Hall–Kier alpha value is -2.72. The molecule has 7 heteroatoms. The van der Waals surface area contributed by atoms with Gasteiger partial charge in [-0.2, -0.15) is 5.26 Å². The van der Waals surface area contributed by atoms with Crippen LogP contribution in [0.3, 0.4) is 0 Å². The number of methoxy groups -OCH3 is 1. The predicted molar refractivity (Wildman–Crippen MR) is 77.6 cm³/mol. The lowest BCUT2D eigenvalue weighted by Crippen LogP contribution is -2.42. The summed E-state index contributed by atoms with van der Waals surface area (Å²) in [5.74, 6) is -2.75. The number of amides is 2. The topological polar surface area (TPSA) is 99.5 Å². The van der Waals surface area contributed by atoms with E-state index in [4.69, 9.17) is 10.00 Å². The van der Waals surface area contributed by atoms with E-state index in [1.54, 1.807) is 24.3 Å². The van der Waals surface area contributed by atoms with Gasteiger partial charge in [-0.15, -0.1) is 0 Å². The number of rotatable bonds is 2. The van der Waals surface area contributed by atoms with E-state index in [-0.39, 0.29) is 11.8 Å². The normalized spacial score (nSPS) is 29.3. The number of ether oxygens (including phenoxy) is 1. The van der Waals surface area contributed by atoms with Crippen molar-refractivity contribution in [1.29, 1.82) is 5.26 Å². The Morgan fingerprint density at radius 2 is 2.00 bits per heavy atom. The Kier molecular flexibility index (Phi) is 3.62. The second-order valence-corrected chi connectivity index (χ2v) is 5.67. The number of nitrogens with one attached hydrogen (secondary N) is 1. The molecule has 1 N–H and O–H groups in total. The minimum atomic E-state index is -0.873. The second kappa shape index (κ2) is 5.48. The molecule has 2 saturated heterocycles. The summed E-state index contributed by atoms with van der Waals surface area (Å²) < 4.78 is 4.75. The molecule has 2 heterocycles. The van der Waals surface area contributed by atoms with Crippen molar-refractivity contribution in [2.24, 2.45) is 11.8 Å². The third kappa shape index (κ3) is 2.19. The van der Waals surface area contributed by atoms with Crippen LogP contribution in [0.1, 0.15) is 17.2 Å². The fourth-order valence-electron chi connectivity index (χ4n) is 3.41. The fraction of sp³-hybridized carbons (Fsp3) is 0.375. The van der Waals surface area contributed by atoms with E-state index in [9.17, 15) is 14.4 Å². The van der Waals surface area contributed by atoms with Crippen LogP contribution in [0.15, 0.2) is 24.3 Å². The first-order chi connectivity index (χ1) is 11.0. The molecule has 0 aromatic heterocycles. The summed E-state index contributed by atoms with van der Waals surface area (Å²) in [6.07, 6.45) is 0. The molecule has 7 nitrogen and oxygen atoms in total. The summed E-state index contributed by atoms with van der Waals surface area (Å²) >= 11 is 0. The molecule has 2 aliphatic heterocycles. The zero-order chi connectivity index (χ0) is 16.7. The van der Waals surface area contributed by atoms with Crippen LogP contribution in [0.4, 0.5) is 0 Å². The van der Waals surface area contributed by atoms with Crippen molar-refractivity contribution in [3.8, 4) is 6.07 Å². The van der Waals surface area contributed by atoms with E-state index < -0.39 is 29.9 Å². The van der Waals surface area contributed by atoms with Crippen LogP contribution in [0, 0.1) is 23.2 Å². The molecule has 0 saturated carbocycles. The van der Waals surface area contributed by atoms with Gasteiger partial charge in [0.25, 0.3) is 0 Å². The quantitative estimate of drug-likeness (QED) is 0.608. The van der Waals surface area contributed by atoms with E-state index >= 15 is 0 Å². The van der Waals surface area contributed by atoms with Crippen LogP contribution < -0.4 is 5.32 Å². The molecule has 1 aromatic carbocycles. The maximum Gasteiger partial charge on any atom is 0.323 e. The number of carbonyl (C=O) groups excluding carboxylic acids is 3. The van der Waals surface area contributed by atoms with Gasteiger partial charge in [0.15, 0.2) is 0 Å². The van der Waals surface area contributed by atoms with E-state index in [0.717, 1.165) is 4.90 Å². The minimum absolute atomic E-state index is 0.328. The van der Waals surface area contributed by atoms with Gasteiger partial charge in [0, 0.05) is 13.1 Å². The standard InChI is InChI=1S/C16H15N3O4/c1-19-14(20)10-11(15(19)21)13(16(22)23-2)18-12(10)9-5-3-4-8(6-9)7-17/h3-6,10-13,18H,1-2H3/t10-,11+,12+,13+/m0/s1. The number of hydrogen-bond donors (Lipinski definition) is 1. The molecular formula is C16H15N3O4. The van der Waals surface area contributed by atoms with Gasteiger partial charge in [0.05, 0.1) is 30.6 Å². The van der Waals surface area contributed by atoms with Gasteiger partial charge in [0.2, 0.25) is 11.8 Å². The summed E-state index contributed by atoms with van der Waals surface area (Å²) in [7, 11) is 2.66. The van der Waals surface area contributed by atoms with Crippen molar-refractivity contribution in [3.63, 3.8) is 0 Å². The zero-order valence-electron chi connectivity index (χ0n) is 12.6. The molecule has 23 heavy (non-hydrogen) atoms. The first-order valence-electron chi connectivity index (χ1n) is 7.15. The molecule has 0 radical (unpaired) electrons. The highest BCUT2D eigenvalue weighted by Crippen LogP contribution is 2.43. The fourth-order valence-corrected chi connectivity index (χ4v) is 3.41. The lowest BCUT2D eigenvalue weighted by atomic mass is 9.86. The van der Waals surface area contributed by atoms with Gasteiger partial charge in [-0.1, -0.05) is 12.1 Å². The average Bonchev–Trinajstić information content (AvgIpc) is 3.07. The molecule has 4 atom stereocenters. The number of carbonyl (C=O) groups is 3. The van der Waals surface area contributed by atoms with E-state index in [1.807, 2.05) is 6.07 Å². The molecule has 2 fully saturated rings. The number of esters is 1. The highest BCUT2D eigenvalue weighted by Gasteiger charge is 2.60. The Morgan fingerprint density at radius 1 is 1.30 bits per heavy atom. The molecule has 0 aliphatic carbocycles. The second-order valence-electron chi connectivity index (χ2n) is 5.67. The predicted octanol–water partition coefficient (Wildman–Crippen LogP) is -0.0248. The molecule has 0 unspecified atom stereocenters. The highest BCUT2D eigenvalue weighted by molar-refractivity contribution is 6.08. The number of nitrogens with zero attached hydrogens (tertiary/aromatic N) is 2. The summed E-state index contributed by atoms with van der Waals surface area (Å²) in [5.41, 5.74) is 1.15. The van der Waals surface area contributed by atoms with Gasteiger partial charge in [0.1, 0.15) is 6.04 Å². The van der Waals surface area contributed by atoms with Crippen molar-refractivity contribution < 1.29 is 19.1 Å². The van der Waals surface area contributed by atoms with E-state index in [0.29, 0.717) is 11.1 Å². The van der Waals surface area contributed by atoms with Crippen LogP contribution in [0.2, 0.25) is 0 Å². The van der Waals surface area contributed by atoms with Crippen LogP contribution in [0.5, 0.6) is 0 Å². The van der Waals surface area contributed by atoms with Crippen molar-refractivity contribution >= 4 is 17.8 Å². The lowest BCUT2D eigenvalue weighted by Gasteiger charge is -2.19. The summed E-state index contributed by atoms with van der Waals surface area (Å²) in [4.78, 5) is 37.8. The number of hydrogen-bond acceptors (Lipinski definition) is 6. The minimum Gasteiger partial charge on any atom is -0.468 e. The van der Waals surface area contributed by atoms with Crippen LogP contribution in [-0.2, 0) is 19.1 Å². The Bertz CT molecular complexity index is 739. The van der Waals surface area contributed by atoms with Gasteiger partial charge >= 0.3 is 5.97 Å². The molecule has 3 rings (SSSR count). The SMILES string of the molecule is COC(=O)[C@@H]1N[C@H](c2cccc(C#N)c2)[C@H]2C(=O)N(C)C(=O)[C@H]21. The van der Waals surface area contributed by atoms with Gasteiger partial charge in [-0.25, -0.2) is 0 Å². The van der Waals surface area contributed by atoms with Crippen molar-refractivity contribution in [2.45, 2.75) is 12.1 Å². The molecule has 2 aliphatic rings. The van der Waals surface area contributed by atoms with Gasteiger partial charge in [-0.3, -0.25) is 24.6 Å². The number of nitriles is 1. The van der Waals surface area contributed by atoms with Crippen molar-refractivity contribution in [3.05, 3.63) is 35.4 Å². The third-order valence-corrected chi connectivity index (χ3v) is 4.53.